The lowest BCUT2D eigenvalue weighted by atomic mass is 9.92. The number of hydrogen-bond acceptors (Lipinski definition) is 5. The molecule has 1 fully saturated rings. The SMILES string of the molecule is Cc1ncc(N(C)C[C@@]2(c3cccc(F)c3)C[C@H]2C(=O)N=O)c(C)n1. The molecule has 1 aromatic heterocycles. The molecule has 0 unspecified atom stereocenters. The number of benzene rings is 1. The number of likely N-dealkylation sites (N-methyl/N-ethyl adjacent to an activating group) is 1. The van der Waals surface area contributed by atoms with Gasteiger partial charge in [-0.15, -0.1) is 4.91 Å². The van der Waals surface area contributed by atoms with E-state index in [4.69, 9.17) is 0 Å². The minimum Gasteiger partial charge on any atom is -0.371 e. The quantitative estimate of drug-likeness (QED) is 0.781. The van der Waals surface area contributed by atoms with E-state index in [1.807, 2.05) is 25.8 Å². The van der Waals surface area contributed by atoms with Crippen molar-refractivity contribution in [3.05, 3.63) is 58.3 Å². The van der Waals surface area contributed by atoms with Crippen molar-refractivity contribution in [2.24, 2.45) is 11.1 Å². The van der Waals surface area contributed by atoms with Gasteiger partial charge in [0, 0.05) is 24.2 Å². The van der Waals surface area contributed by atoms with Crippen LogP contribution in [-0.4, -0.2) is 29.5 Å². The maximum Gasteiger partial charge on any atom is 0.290 e. The summed E-state index contributed by atoms with van der Waals surface area (Å²) >= 11 is 0. The molecule has 1 amide bonds. The van der Waals surface area contributed by atoms with Gasteiger partial charge in [0.15, 0.2) is 0 Å². The number of halogens is 1. The van der Waals surface area contributed by atoms with Gasteiger partial charge < -0.3 is 4.90 Å². The van der Waals surface area contributed by atoms with E-state index in [9.17, 15) is 14.1 Å². The minimum atomic E-state index is -0.686. The monoisotopic (exact) mass is 342 g/mol. The number of anilines is 1. The maximum absolute atomic E-state index is 13.7. The molecule has 6 nitrogen and oxygen atoms in total. The predicted octanol–water partition coefficient (Wildman–Crippen LogP) is 2.92. The number of carbonyl (C=O) groups is 1. The van der Waals surface area contributed by atoms with E-state index in [1.54, 1.807) is 18.3 Å². The van der Waals surface area contributed by atoms with Crippen LogP contribution in [0.25, 0.3) is 0 Å². The van der Waals surface area contributed by atoms with E-state index < -0.39 is 17.2 Å². The Morgan fingerprint density at radius 1 is 1.44 bits per heavy atom. The van der Waals surface area contributed by atoms with Crippen molar-refractivity contribution < 1.29 is 9.18 Å². The van der Waals surface area contributed by atoms with Gasteiger partial charge >= 0.3 is 0 Å². The average molecular weight is 342 g/mol. The van der Waals surface area contributed by atoms with Crippen LogP contribution in [0.2, 0.25) is 0 Å². The molecule has 1 heterocycles. The molecule has 0 spiro atoms. The number of aromatic nitrogens is 2. The normalized spacial score (nSPS) is 21.7. The molecule has 1 aromatic carbocycles. The Labute approximate surface area is 145 Å². The third kappa shape index (κ3) is 3.14. The zero-order chi connectivity index (χ0) is 18.2. The van der Waals surface area contributed by atoms with E-state index in [-0.39, 0.29) is 5.82 Å². The van der Waals surface area contributed by atoms with E-state index in [2.05, 4.69) is 15.1 Å². The highest BCUT2D eigenvalue weighted by atomic mass is 19.1. The summed E-state index contributed by atoms with van der Waals surface area (Å²) in [7, 11) is 1.87. The molecule has 1 saturated carbocycles. The van der Waals surface area contributed by atoms with Gasteiger partial charge in [-0.1, -0.05) is 12.1 Å². The molecule has 3 rings (SSSR count). The molecule has 0 radical (unpaired) electrons. The number of rotatable bonds is 5. The first-order valence-corrected chi connectivity index (χ1v) is 8.02. The molecule has 0 N–H and O–H groups in total. The van der Waals surface area contributed by atoms with Crippen molar-refractivity contribution in [1.82, 2.24) is 9.97 Å². The predicted molar refractivity (Wildman–Crippen MR) is 91.8 cm³/mol. The Balaban J connectivity index is 1.94. The summed E-state index contributed by atoms with van der Waals surface area (Å²) in [5.41, 5.74) is 1.73. The number of hydrogen-bond donors (Lipinski definition) is 0. The molecule has 2 aromatic rings. The van der Waals surface area contributed by atoms with E-state index in [0.29, 0.717) is 24.4 Å². The number of aryl methyl sites for hydroxylation is 2. The molecule has 2 atom stereocenters. The second-order valence-corrected chi connectivity index (χ2v) is 6.60. The zero-order valence-electron chi connectivity index (χ0n) is 14.4. The second kappa shape index (κ2) is 6.31. The van der Waals surface area contributed by atoms with Crippen molar-refractivity contribution in [3.8, 4) is 0 Å². The van der Waals surface area contributed by atoms with Crippen molar-refractivity contribution in [2.45, 2.75) is 25.7 Å². The van der Waals surface area contributed by atoms with Crippen LogP contribution in [0.4, 0.5) is 10.1 Å². The van der Waals surface area contributed by atoms with Gasteiger partial charge in [0.2, 0.25) is 0 Å². The number of carbonyl (C=O) groups excluding carboxylic acids is 1. The summed E-state index contributed by atoms with van der Waals surface area (Å²) in [6.45, 7) is 4.14. The molecule has 130 valence electrons. The maximum atomic E-state index is 13.7. The number of amides is 1. The largest absolute Gasteiger partial charge is 0.371 e. The topological polar surface area (TPSA) is 75.5 Å². The Morgan fingerprint density at radius 3 is 2.84 bits per heavy atom. The highest BCUT2D eigenvalue weighted by molar-refractivity contribution is 5.85. The summed E-state index contributed by atoms with van der Waals surface area (Å²) < 4.78 is 13.7. The molecule has 7 heteroatoms. The Hall–Kier alpha value is -2.70. The van der Waals surface area contributed by atoms with Gasteiger partial charge in [-0.3, -0.25) is 4.79 Å². The fourth-order valence-electron chi connectivity index (χ4n) is 3.54. The second-order valence-electron chi connectivity index (χ2n) is 6.60. The van der Waals surface area contributed by atoms with Crippen molar-refractivity contribution in [1.29, 1.82) is 0 Å². The van der Waals surface area contributed by atoms with E-state index >= 15 is 0 Å². The molecule has 1 aliphatic carbocycles. The zero-order valence-corrected chi connectivity index (χ0v) is 14.4. The first kappa shape index (κ1) is 17.1. The number of nitrogens with zero attached hydrogens (tertiary/aromatic N) is 4. The van der Waals surface area contributed by atoms with Crippen LogP contribution in [0.15, 0.2) is 35.6 Å². The van der Waals surface area contributed by atoms with Crippen molar-refractivity contribution in [2.75, 3.05) is 18.5 Å². The fraction of sp³-hybridized carbons (Fsp3) is 0.389. The van der Waals surface area contributed by atoms with Gasteiger partial charge in [0.25, 0.3) is 5.91 Å². The van der Waals surface area contributed by atoms with Crippen LogP contribution in [-0.2, 0) is 10.2 Å². The van der Waals surface area contributed by atoms with Gasteiger partial charge in [-0.25, -0.2) is 14.4 Å². The van der Waals surface area contributed by atoms with Crippen LogP contribution in [0.5, 0.6) is 0 Å². The lowest BCUT2D eigenvalue weighted by Crippen LogP contribution is -2.32. The van der Waals surface area contributed by atoms with Gasteiger partial charge in [0.1, 0.15) is 11.6 Å². The standard InChI is InChI=1S/C18H19FN4O2/c1-11-16(9-20-12(2)21-11)23(3)10-18(8-15(18)17(24)22-25)13-5-4-6-14(19)7-13/h4-7,9,15H,8,10H2,1-3H3/t15-,18+/m0/s1. The summed E-state index contributed by atoms with van der Waals surface area (Å²) in [4.78, 5) is 33.1. The first-order valence-electron chi connectivity index (χ1n) is 8.02. The highest BCUT2D eigenvalue weighted by Gasteiger charge is 2.60. The highest BCUT2D eigenvalue weighted by Crippen LogP contribution is 2.55. The van der Waals surface area contributed by atoms with Crippen molar-refractivity contribution >= 4 is 11.6 Å². The minimum absolute atomic E-state index is 0.369. The summed E-state index contributed by atoms with van der Waals surface area (Å²) in [5, 5.41) is 2.58. The molecular formula is C18H19FN4O2. The van der Waals surface area contributed by atoms with Gasteiger partial charge in [-0.2, -0.15) is 0 Å². The Bertz CT molecular complexity index is 842. The van der Waals surface area contributed by atoms with Crippen LogP contribution in [0, 0.1) is 30.5 Å². The fourth-order valence-corrected chi connectivity index (χ4v) is 3.54. The third-order valence-electron chi connectivity index (χ3n) is 4.87. The van der Waals surface area contributed by atoms with E-state index in [1.165, 1.54) is 12.1 Å². The lowest BCUT2D eigenvalue weighted by Gasteiger charge is -2.27. The average Bonchev–Trinajstić information content (AvgIpc) is 3.29. The van der Waals surface area contributed by atoms with E-state index in [0.717, 1.165) is 11.4 Å². The molecule has 0 bridgehead atoms. The molecule has 1 aliphatic rings. The summed E-state index contributed by atoms with van der Waals surface area (Å²) in [5.74, 6) is -0.902. The van der Waals surface area contributed by atoms with Crippen LogP contribution in [0.3, 0.4) is 0 Å². The van der Waals surface area contributed by atoms with Crippen molar-refractivity contribution in [3.63, 3.8) is 0 Å². The third-order valence-corrected chi connectivity index (χ3v) is 4.87. The van der Waals surface area contributed by atoms with Crippen LogP contribution >= 0.6 is 0 Å². The molecule has 0 aliphatic heterocycles. The Morgan fingerprint density at radius 2 is 2.20 bits per heavy atom. The van der Waals surface area contributed by atoms with Gasteiger partial charge in [0.05, 0.1) is 23.5 Å². The molecule has 0 saturated heterocycles. The molecule has 25 heavy (non-hydrogen) atoms. The smallest absolute Gasteiger partial charge is 0.290 e. The molecular weight excluding hydrogens is 323 g/mol. The van der Waals surface area contributed by atoms with Gasteiger partial charge in [-0.05, 0) is 38.0 Å². The Kier molecular flexibility index (Phi) is 4.32. The lowest BCUT2D eigenvalue weighted by molar-refractivity contribution is -0.119. The van der Waals surface area contributed by atoms with Crippen LogP contribution in [0.1, 0.15) is 23.5 Å². The summed E-state index contributed by atoms with van der Waals surface area (Å²) in [6.07, 6.45) is 2.20. The first-order chi connectivity index (χ1) is 11.9. The van der Waals surface area contributed by atoms with Crippen LogP contribution < -0.4 is 4.90 Å². The number of nitroso groups, excluding NO2 is 1. The summed E-state index contributed by atoms with van der Waals surface area (Å²) in [6, 6.07) is 6.18.